The Morgan fingerprint density at radius 1 is 1.55 bits per heavy atom. The van der Waals surface area contributed by atoms with Gasteiger partial charge in [-0.25, -0.2) is 4.98 Å². The van der Waals surface area contributed by atoms with Gasteiger partial charge in [0.2, 0.25) is 5.91 Å². The summed E-state index contributed by atoms with van der Waals surface area (Å²) in [5.41, 5.74) is 5.73. The van der Waals surface area contributed by atoms with Crippen molar-refractivity contribution in [3.63, 3.8) is 0 Å². The Balaban J connectivity index is 2.83. The third kappa shape index (κ3) is 5.08. The summed E-state index contributed by atoms with van der Waals surface area (Å²) in [4.78, 5) is 26.8. The van der Waals surface area contributed by atoms with Crippen LogP contribution >= 0.6 is 0 Å². The van der Waals surface area contributed by atoms with Gasteiger partial charge in [-0.3, -0.25) is 9.59 Å². The zero-order chi connectivity index (χ0) is 15.0. The molecule has 0 saturated carbocycles. The number of hydrogen-bond acceptors (Lipinski definition) is 4. The summed E-state index contributed by atoms with van der Waals surface area (Å²) in [7, 11) is 0. The van der Waals surface area contributed by atoms with Gasteiger partial charge in [0, 0.05) is 25.1 Å². The second-order valence-corrected chi connectivity index (χ2v) is 4.22. The molecule has 20 heavy (non-hydrogen) atoms. The van der Waals surface area contributed by atoms with Crippen LogP contribution in [0.3, 0.4) is 0 Å². The Labute approximate surface area is 117 Å². The smallest absolute Gasteiger partial charge is 0.271 e. The number of hydrogen-bond donors (Lipinski definition) is 3. The lowest BCUT2D eigenvalue weighted by molar-refractivity contribution is -0.118. The molecule has 6 heteroatoms. The number of nitrogens with one attached hydrogen (secondary N) is 1. The summed E-state index contributed by atoms with van der Waals surface area (Å²) in [6.07, 6.45) is 1.88. The van der Waals surface area contributed by atoms with E-state index < -0.39 is 11.8 Å². The number of aromatic nitrogens is 1. The van der Waals surface area contributed by atoms with Crippen molar-refractivity contribution in [2.45, 2.75) is 25.8 Å². The molecule has 0 aliphatic heterocycles. The highest BCUT2D eigenvalue weighted by Gasteiger charge is 2.15. The first-order valence-corrected chi connectivity index (χ1v) is 6.18. The van der Waals surface area contributed by atoms with Crippen molar-refractivity contribution >= 4 is 11.8 Å². The summed E-state index contributed by atoms with van der Waals surface area (Å²) in [6.45, 7) is 1.65. The van der Waals surface area contributed by atoms with Crippen LogP contribution in [0.1, 0.15) is 35.8 Å². The molecule has 0 fully saturated rings. The predicted molar refractivity (Wildman–Crippen MR) is 73.6 cm³/mol. The van der Waals surface area contributed by atoms with E-state index in [0.29, 0.717) is 12.0 Å². The average Bonchev–Trinajstić information content (AvgIpc) is 2.38. The van der Waals surface area contributed by atoms with Crippen LogP contribution in [-0.2, 0) is 4.79 Å². The van der Waals surface area contributed by atoms with Gasteiger partial charge in [-0.05, 0) is 19.1 Å². The van der Waals surface area contributed by atoms with E-state index >= 15 is 0 Å². The van der Waals surface area contributed by atoms with Crippen molar-refractivity contribution in [1.29, 1.82) is 0 Å². The van der Waals surface area contributed by atoms with Crippen LogP contribution in [0, 0.1) is 11.8 Å². The Kier molecular flexibility index (Phi) is 6.20. The normalized spacial score (nSPS) is 11.1. The lowest BCUT2D eigenvalue weighted by Gasteiger charge is -2.12. The van der Waals surface area contributed by atoms with Crippen LogP contribution in [0.25, 0.3) is 0 Å². The van der Waals surface area contributed by atoms with Gasteiger partial charge in [0.05, 0.1) is 12.2 Å². The monoisotopic (exact) mass is 275 g/mol. The van der Waals surface area contributed by atoms with Crippen LogP contribution in [0.5, 0.6) is 0 Å². The van der Waals surface area contributed by atoms with Gasteiger partial charge in [-0.2, -0.15) is 0 Å². The highest BCUT2D eigenvalue weighted by molar-refractivity contribution is 5.95. The SMILES string of the molecule is CC(CC(N)=O)NC(=O)c1ncccc1C#CCCO. The summed E-state index contributed by atoms with van der Waals surface area (Å²) < 4.78 is 0. The topological polar surface area (TPSA) is 105 Å². The zero-order valence-electron chi connectivity index (χ0n) is 11.2. The number of carbonyl (C=O) groups is 2. The number of aliphatic hydroxyl groups is 1. The Morgan fingerprint density at radius 3 is 2.95 bits per heavy atom. The van der Waals surface area contributed by atoms with Crippen LogP contribution in [-0.4, -0.2) is 34.6 Å². The molecule has 1 unspecified atom stereocenters. The maximum absolute atomic E-state index is 12.0. The zero-order valence-corrected chi connectivity index (χ0v) is 11.2. The molecule has 1 atom stereocenters. The van der Waals surface area contributed by atoms with Crippen molar-refractivity contribution in [1.82, 2.24) is 10.3 Å². The van der Waals surface area contributed by atoms with Gasteiger partial charge in [0.15, 0.2) is 0 Å². The van der Waals surface area contributed by atoms with E-state index in [9.17, 15) is 9.59 Å². The fraction of sp³-hybridized carbons (Fsp3) is 0.357. The van der Waals surface area contributed by atoms with Gasteiger partial charge in [0.1, 0.15) is 5.69 Å². The first-order valence-electron chi connectivity index (χ1n) is 6.18. The summed E-state index contributed by atoms with van der Waals surface area (Å²) >= 11 is 0. The molecule has 0 spiro atoms. The number of amides is 2. The maximum Gasteiger partial charge on any atom is 0.271 e. The second kappa shape index (κ2) is 7.92. The molecule has 0 saturated heterocycles. The molecule has 0 aromatic carbocycles. The third-order valence-corrected chi connectivity index (χ3v) is 2.37. The number of carbonyl (C=O) groups excluding carboxylic acids is 2. The summed E-state index contributed by atoms with van der Waals surface area (Å²) in [5, 5.41) is 11.3. The molecule has 6 nitrogen and oxygen atoms in total. The number of nitrogens with two attached hydrogens (primary N) is 1. The average molecular weight is 275 g/mol. The van der Waals surface area contributed by atoms with Crippen molar-refractivity contribution in [3.05, 3.63) is 29.6 Å². The molecule has 1 aromatic rings. The first kappa shape index (κ1) is 15.7. The van der Waals surface area contributed by atoms with Crippen LogP contribution in [0.2, 0.25) is 0 Å². The molecule has 0 bridgehead atoms. The highest BCUT2D eigenvalue weighted by Crippen LogP contribution is 2.04. The lowest BCUT2D eigenvalue weighted by atomic mass is 10.1. The first-order chi connectivity index (χ1) is 9.54. The van der Waals surface area contributed by atoms with E-state index in [2.05, 4.69) is 22.1 Å². The maximum atomic E-state index is 12.0. The van der Waals surface area contributed by atoms with Gasteiger partial charge >= 0.3 is 0 Å². The van der Waals surface area contributed by atoms with E-state index in [0.717, 1.165) is 0 Å². The quantitative estimate of drug-likeness (QED) is 0.648. The molecule has 106 valence electrons. The number of primary amides is 1. The minimum absolute atomic E-state index is 0.0373. The summed E-state index contributed by atoms with van der Waals surface area (Å²) in [5.74, 6) is 4.63. The molecular weight excluding hydrogens is 258 g/mol. The molecule has 2 amide bonds. The van der Waals surface area contributed by atoms with Crippen LogP contribution in [0.15, 0.2) is 18.3 Å². The molecule has 0 aliphatic rings. The Morgan fingerprint density at radius 2 is 2.30 bits per heavy atom. The highest BCUT2D eigenvalue weighted by atomic mass is 16.2. The van der Waals surface area contributed by atoms with E-state index in [1.54, 1.807) is 19.1 Å². The van der Waals surface area contributed by atoms with Crippen LogP contribution in [0.4, 0.5) is 0 Å². The van der Waals surface area contributed by atoms with Gasteiger partial charge in [-0.1, -0.05) is 11.8 Å². The standard InChI is InChI=1S/C14H17N3O3/c1-10(9-12(15)19)17-14(20)13-11(5-2-3-8-18)6-4-7-16-13/h4,6-7,10,18H,3,8-9H2,1H3,(H2,15,19)(H,17,20). The van der Waals surface area contributed by atoms with E-state index in [1.807, 2.05) is 0 Å². The number of pyridine rings is 1. The van der Waals surface area contributed by atoms with E-state index in [1.165, 1.54) is 6.20 Å². The second-order valence-electron chi connectivity index (χ2n) is 4.22. The van der Waals surface area contributed by atoms with Crippen molar-refractivity contribution < 1.29 is 14.7 Å². The minimum atomic E-state index is -0.484. The predicted octanol–water partition coefficient (Wildman–Crippen LogP) is -0.191. The third-order valence-electron chi connectivity index (χ3n) is 2.37. The molecule has 0 aliphatic carbocycles. The molecule has 4 N–H and O–H groups in total. The van der Waals surface area contributed by atoms with Crippen LogP contribution < -0.4 is 11.1 Å². The number of aliphatic hydroxyl groups excluding tert-OH is 1. The van der Waals surface area contributed by atoms with Crippen molar-refractivity contribution in [2.75, 3.05) is 6.61 Å². The largest absolute Gasteiger partial charge is 0.395 e. The van der Waals surface area contributed by atoms with E-state index in [4.69, 9.17) is 10.8 Å². The fourth-order valence-electron chi connectivity index (χ4n) is 1.55. The van der Waals surface area contributed by atoms with Gasteiger partial charge in [0.25, 0.3) is 5.91 Å². The van der Waals surface area contributed by atoms with Crippen molar-refractivity contribution in [3.8, 4) is 11.8 Å². The summed E-state index contributed by atoms with van der Waals surface area (Å²) in [6, 6.07) is 2.97. The molecular formula is C14H17N3O3. The molecule has 1 aromatic heterocycles. The Hall–Kier alpha value is -2.39. The number of rotatable bonds is 5. The van der Waals surface area contributed by atoms with E-state index in [-0.39, 0.29) is 24.8 Å². The minimum Gasteiger partial charge on any atom is -0.395 e. The fourth-order valence-corrected chi connectivity index (χ4v) is 1.55. The number of nitrogens with zero attached hydrogens (tertiary/aromatic N) is 1. The van der Waals surface area contributed by atoms with Gasteiger partial charge in [-0.15, -0.1) is 0 Å². The lowest BCUT2D eigenvalue weighted by Crippen LogP contribution is -2.36. The molecule has 1 heterocycles. The molecule has 1 rings (SSSR count). The molecule has 0 radical (unpaired) electrons. The van der Waals surface area contributed by atoms with Gasteiger partial charge < -0.3 is 16.2 Å². The Bertz CT molecular complexity index is 546. The van der Waals surface area contributed by atoms with Crippen molar-refractivity contribution in [2.24, 2.45) is 5.73 Å².